The molecule has 5 rings (SSSR count). The molecule has 0 bridgehead atoms. The SMILES string of the molecule is Cc1cc(OCCCc2c(C(=O)NCc3cccc(C(=O)O)c3)[nH]c3c(-c4c(C)nn(C)c4C)cccc23)cc(C)c1Cl. The zero-order chi connectivity index (χ0) is 30.8. The molecule has 5 aromatic rings. The normalized spacial score (nSPS) is 11.2. The Morgan fingerprint density at radius 2 is 1.77 bits per heavy atom. The maximum Gasteiger partial charge on any atom is 0.335 e. The summed E-state index contributed by atoms with van der Waals surface area (Å²) in [5, 5.41) is 18.6. The number of carbonyl (C=O) groups is 2. The van der Waals surface area contributed by atoms with Gasteiger partial charge in [-0.25, -0.2) is 4.79 Å². The monoisotopic (exact) mass is 598 g/mol. The second-order valence-corrected chi connectivity index (χ2v) is 11.3. The minimum absolute atomic E-state index is 0.177. The second-order valence-electron chi connectivity index (χ2n) is 10.9. The highest BCUT2D eigenvalue weighted by atomic mass is 35.5. The molecule has 0 radical (unpaired) electrons. The summed E-state index contributed by atoms with van der Waals surface area (Å²) in [6.07, 6.45) is 1.29. The Kier molecular flexibility index (Phi) is 8.59. The minimum atomic E-state index is -1.01. The molecule has 0 aliphatic rings. The molecule has 1 amide bonds. The van der Waals surface area contributed by atoms with Gasteiger partial charge in [-0.2, -0.15) is 5.10 Å². The average molecular weight is 599 g/mol. The number of fused-ring (bicyclic) bond motifs is 1. The van der Waals surface area contributed by atoms with Crippen LogP contribution < -0.4 is 10.1 Å². The summed E-state index contributed by atoms with van der Waals surface area (Å²) in [6.45, 7) is 8.60. The molecule has 0 aliphatic carbocycles. The van der Waals surface area contributed by atoms with E-state index in [2.05, 4.69) is 15.4 Å². The topological polar surface area (TPSA) is 109 Å². The Bertz CT molecular complexity index is 1830. The van der Waals surface area contributed by atoms with E-state index in [0.717, 1.165) is 60.9 Å². The van der Waals surface area contributed by atoms with Crippen LogP contribution in [0, 0.1) is 27.7 Å². The van der Waals surface area contributed by atoms with Gasteiger partial charge in [-0.05, 0) is 87.1 Å². The van der Waals surface area contributed by atoms with Crippen molar-refractivity contribution < 1.29 is 19.4 Å². The number of aromatic nitrogens is 3. The number of carboxylic acids is 1. The first-order valence-corrected chi connectivity index (χ1v) is 14.6. The van der Waals surface area contributed by atoms with Crippen molar-refractivity contribution >= 4 is 34.4 Å². The van der Waals surface area contributed by atoms with Crippen LogP contribution in [0.5, 0.6) is 5.75 Å². The predicted octanol–water partition coefficient (Wildman–Crippen LogP) is 7.10. The van der Waals surface area contributed by atoms with E-state index in [1.54, 1.807) is 18.2 Å². The van der Waals surface area contributed by atoms with E-state index < -0.39 is 5.97 Å². The molecular formula is C34H35ClN4O4. The third kappa shape index (κ3) is 6.15. The molecule has 0 saturated carbocycles. The van der Waals surface area contributed by atoms with Crippen LogP contribution in [0.2, 0.25) is 5.02 Å². The second kappa shape index (κ2) is 12.4. The number of nitrogens with zero attached hydrogens (tertiary/aromatic N) is 2. The van der Waals surface area contributed by atoms with Crippen LogP contribution in [-0.2, 0) is 20.0 Å². The smallest absolute Gasteiger partial charge is 0.335 e. The van der Waals surface area contributed by atoms with Gasteiger partial charge in [0.05, 0.1) is 23.4 Å². The first-order chi connectivity index (χ1) is 20.5. The molecule has 43 heavy (non-hydrogen) atoms. The lowest BCUT2D eigenvalue weighted by Gasteiger charge is -2.11. The van der Waals surface area contributed by atoms with E-state index in [1.807, 2.05) is 69.8 Å². The summed E-state index contributed by atoms with van der Waals surface area (Å²) in [6, 6.07) is 16.5. The number of para-hydroxylation sites is 1. The van der Waals surface area contributed by atoms with Gasteiger partial charge >= 0.3 is 5.97 Å². The minimum Gasteiger partial charge on any atom is -0.494 e. The van der Waals surface area contributed by atoms with Gasteiger partial charge in [0.15, 0.2) is 0 Å². The maximum absolute atomic E-state index is 13.7. The van der Waals surface area contributed by atoms with Crippen molar-refractivity contribution in [3.05, 3.63) is 105 Å². The van der Waals surface area contributed by atoms with E-state index in [1.165, 1.54) is 6.07 Å². The summed E-state index contributed by atoms with van der Waals surface area (Å²) in [7, 11) is 1.92. The van der Waals surface area contributed by atoms with Gasteiger partial charge in [0.2, 0.25) is 0 Å². The molecule has 3 aromatic carbocycles. The largest absolute Gasteiger partial charge is 0.494 e. The number of benzene rings is 3. The maximum atomic E-state index is 13.7. The molecule has 0 unspecified atom stereocenters. The Morgan fingerprint density at radius 3 is 2.44 bits per heavy atom. The van der Waals surface area contributed by atoms with Gasteiger partial charge in [-0.15, -0.1) is 0 Å². The van der Waals surface area contributed by atoms with Gasteiger partial charge < -0.3 is 20.1 Å². The third-order valence-corrected chi connectivity index (χ3v) is 8.42. The molecule has 0 fully saturated rings. The number of carbonyl (C=O) groups excluding carboxylic acids is 1. The van der Waals surface area contributed by atoms with Gasteiger partial charge in [-0.3, -0.25) is 9.48 Å². The number of carboxylic acid groups (broad SMARTS) is 1. The number of halogens is 1. The number of aromatic amines is 1. The lowest BCUT2D eigenvalue weighted by Crippen LogP contribution is -2.24. The van der Waals surface area contributed by atoms with Crippen LogP contribution in [0.25, 0.3) is 22.0 Å². The molecule has 0 aliphatic heterocycles. The number of ether oxygens (including phenoxy) is 1. The summed E-state index contributed by atoms with van der Waals surface area (Å²) in [5.41, 5.74) is 9.04. The number of aryl methyl sites for hydroxylation is 5. The van der Waals surface area contributed by atoms with Crippen LogP contribution in [0.3, 0.4) is 0 Å². The van der Waals surface area contributed by atoms with Gasteiger partial charge in [0.25, 0.3) is 5.91 Å². The molecule has 0 spiro atoms. The standard InChI is InChI=1S/C34H35ClN4O4/c1-19-15-25(16-20(2)30(19)35)43-14-8-13-27-26-11-7-12-28(29-21(3)38-39(5)22(29)4)31(26)37-32(27)33(40)36-18-23-9-6-10-24(17-23)34(41)42/h6-7,9-12,15-17,37H,8,13-14,18H2,1-5H3,(H,36,40)(H,41,42). The molecule has 3 N–H and O–H groups in total. The molecule has 8 nitrogen and oxygen atoms in total. The Balaban J connectivity index is 1.45. The van der Waals surface area contributed by atoms with Crippen molar-refractivity contribution in [2.45, 2.75) is 47.1 Å². The number of H-pyrrole nitrogens is 1. The highest BCUT2D eigenvalue weighted by Gasteiger charge is 2.22. The Morgan fingerprint density at radius 1 is 1.05 bits per heavy atom. The quantitative estimate of drug-likeness (QED) is 0.149. The number of rotatable bonds is 10. The summed E-state index contributed by atoms with van der Waals surface area (Å²) >= 11 is 6.32. The summed E-state index contributed by atoms with van der Waals surface area (Å²) in [4.78, 5) is 28.5. The number of aromatic carboxylic acids is 1. The van der Waals surface area contributed by atoms with Crippen molar-refractivity contribution in [3.63, 3.8) is 0 Å². The summed E-state index contributed by atoms with van der Waals surface area (Å²) < 4.78 is 7.93. The summed E-state index contributed by atoms with van der Waals surface area (Å²) in [5.74, 6) is -0.502. The van der Waals surface area contributed by atoms with Crippen LogP contribution >= 0.6 is 11.6 Å². The fourth-order valence-electron chi connectivity index (χ4n) is 5.61. The lowest BCUT2D eigenvalue weighted by atomic mass is 9.98. The van der Waals surface area contributed by atoms with Crippen molar-refractivity contribution in [1.29, 1.82) is 0 Å². The number of nitrogens with one attached hydrogen (secondary N) is 2. The Labute approximate surface area is 255 Å². The van der Waals surface area contributed by atoms with Crippen LogP contribution in [-0.4, -0.2) is 38.4 Å². The first-order valence-electron chi connectivity index (χ1n) is 14.2. The van der Waals surface area contributed by atoms with E-state index in [4.69, 9.17) is 16.3 Å². The predicted molar refractivity (Wildman–Crippen MR) is 169 cm³/mol. The van der Waals surface area contributed by atoms with Crippen LogP contribution in [0.1, 0.15) is 60.9 Å². The zero-order valence-electron chi connectivity index (χ0n) is 25.0. The van der Waals surface area contributed by atoms with E-state index in [-0.39, 0.29) is 18.0 Å². The molecule has 2 heterocycles. The third-order valence-electron chi connectivity index (χ3n) is 7.82. The fraction of sp³-hybridized carbons (Fsp3) is 0.265. The van der Waals surface area contributed by atoms with Gasteiger partial charge in [-0.1, -0.05) is 41.9 Å². The number of hydrogen-bond acceptors (Lipinski definition) is 4. The van der Waals surface area contributed by atoms with Gasteiger partial charge in [0, 0.05) is 40.8 Å². The lowest BCUT2D eigenvalue weighted by molar-refractivity contribution is 0.0696. The van der Waals surface area contributed by atoms with Crippen molar-refractivity contribution in [3.8, 4) is 16.9 Å². The fourth-order valence-corrected chi connectivity index (χ4v) is 5.72. The van der Waals surface area contributed by atoms with Gasteiger partial charge in [0.1, 0.15) is 11.4 Å². The highest BCUT2D eigenvalue weighted by Crippen LogP contribution is 2.35. The van der Waals surface area contributed by atoms with E-state index in [0.29, 0.717) is 30.7 Å². The molecule has 2 aromatic heterocycles. The van der Waals surface area contributed by atoms with E-state index >= 15 is 0 Å². The molecular weight excluding hydrogens is 564 g/mol. The zero-order valence-corrected chi connectivity index (χ0v) is 25.7. The molecule has 0 saturated heterocycles. The van der Waals surface area contributed by atoms with Crippen molar-refractivity contribution in [1.82, 2.24) is 20.1 Å². The van der Waals surface area contributed by atoms with Crippen molar-refractivity contribution in [2.24, 2.45) is 7.05 Å². The molecule has 0 atom stereocenters. The van der Waals surface area contributed by atoms with Crippen LogP contribution in [0.15, 0.2) is 54.6 Å². The number of hydrogen-bond donors (Lipinski definition) is 3. The average Bonchev–Trinajstić information content (AvgIpc) is 3.48. The van der Waals surface area contributed by atoms with Crippen LogP contribution in [0.4, 0.5) is 0 Å². The molecule has 222 valence electrons. The highest BCUT2D eigenvalue weighted by molar-refractivity contribution is 6.32. The molecule has 9 heteroatoms. The van der Waals surface area contributed by atoms with E-state index in [9.17, 15) is 14.7 Å². The first kappa shape index (κ1) is 29.9. The van der Waals surface area contributed by atoms with Crippen molar-refractivity contribution in [2.75, 3.05) is 6.61 Å². The number of amides is 1. The Hall–Kier alpha value is -4.56.